The molecule has 1 atom stereocenters. The van der Waals surface area contributed by atoms with E-state index >= 15 is 0 Å². The zero-order chi connectivity index (χ0) is 12.2. The molecule has 1 unspecified atom stereocenters. The van der Waals surface area contributed by atoms with Gasteiger partial charge in [0, 0.05) is 11.5 Å². The van der Waals surface area contributed by atoms with Gasteiger partial charge in [0.25, 0.3) is 0 Å². The molecule has 0 aromatic carbocycles. The maximum atomic E-state index is 5.73. The fourth-order valence-electron chi connectivity index (χ4n) is 2.34. The highest BCUT2D eigenvalue weighted by atomic mass is 32.1. The summed E-state index contributed by atoms with van der Waals surface area (Å²) in [6, 6.07) is 0.765. The summed E-state index contributed by atoms with van der Waals surface area (Å²) in [6.45, 7) is 9.11. The van der Waals surface area contributed by atoms with Gasteiger partial charge in [-0.2, -0.15) is 0 Å². The Morgan fingerprint density at radius 2 is 2.12 bits per heavy atom. The first kappa shape index (κ1) is 13.9. The van der Waals surface area contributed by atoms with Crippen LogP contribution in [0.25, 0.3) is 0 Å². The van der Waals surface area contributed by atoms with Crippen LogP contribution in [0.2, 0.25) is 0 Å². The van der Waals surface area contributed by atoms with Crippen molar-refractivity contribution in [1.82, 2.24) is 4.90 Å². The number of rotatable bonds is 5. The minimum atomic E-state index is 0.0222. The van der Waals surface area contributed by atoms with Crippen molar-refractivity contribution in [2.45, 2.75) is 58.9 Å². The zero-order valence-corrected chi connectivity index (χ0v) is 11.8. The Bertz CT molecular complexity index is 238. The second kappa shape index (κ2) is 5.97. The number of hydrogen-bond acceptors (Lipinski definition) is 2. The van der Waals surface area contributed by atoms with Gasteiger partial charge in [-0.05, 0) is 45.7 Å². The van der Waals surface area contributed by atoms with Gasteiger partial charge >= 0.3 is 0 Å². The van der Waals surface area contributed by atoms with E-state index in [4.69, 9.17) is 18.0 Å². The van der Waals surface area contributed by atoms with E-state index in [0.29, 0.717) is 4.99 Å². The standard InChI is InChI=1S/C13H26N2S/c1-11-7-4-5-9-15(11)10-6-8-13(2,3)12(14)16/h11H,4-10H2,1-3H3,(H2,14,16). The number of hydrogen-bond donors (Lipinski definition) is 1. The average Bonchev–Trinajstić information content (AvgIpc) is 2.20. The van der Waals surface area contributed by atoms with Gasteiger partial charge in [0.15, 0.2) is 0 Å². The highest BCUT2D eigenvalue weighted by Crippen LogP contribution is 2.24. The van der Waals surface area contributed by atoms with E-state index in [1.165, 1.54) is 38.8 Å². The summed E-state index contributed by atoms with van der Waals surface area (Å²) in [7, 11) is 0. The molecule has 2 N–H and O–H groups in total. The van der Waals surface area contributed by atoms with E-state index < -0.39 is 0 Å². The lowest BCUT2D eigenvalue weighted by Crippen LogP contribution is -2.39. The molecule has 1 fully saturated rings. The SMILES string of the molecule is CC1CCCCN1CCCC(C)(C)C(N)=S. The van der Waals surface area contributed by atoms with Crippen molar-refractivity contribution in [3.05, 3.63) is 0 Å². The predicted molar refractivity (Wildman–Crippen MR) is 74.7 cm³/mol. The summed E-state index contributed by atoms with van der Waals surface area (Å²) in [5.74, 6) is 0. The third-order valence-electron chi connectivity index (χ3n) is 3.85. The largest absolute Gasteiger partial charge is 0.393 e. The minimum Gasteiger partial charge on any atom is -0.393 e. The molecule has 2 nitrogen and oxygen atoms in total. The first-order chi connectivity index (χ1) is 7.43. The van der Waals surface area contributed by atoms with Crippen molar-refractivity contribution in [2.24, 2.45) is 11.1 Å². The normalized spacial score (nSPS) is 23.3. The molecule has 0 spiro atoms. The Morgan fingerprint density at radius 3 is 2.69 bits per heavy atom. The number of nitrogens with zero attached hydrogens (tertiary/aromatic N) is 1. The lowest BCUT2D eigenvalue weighted by Gasteiger charge is -2.34. The van der Waals surface area contributed by atoms with Crippen molar-refractivity contribution in [2.75, 3.05) is 13.1 Å². The molecule has 0 radical (unpaired) electrons. The summed E-state index contributed by atoms with van der Waals surface area (Å²) in [6.07, 6.45) is 6.43. The van der Waals surface area contributed by atoms with Crippen molar-refractivity contribution in [3.63, 3.8) is 0 Å². The highest BCUT2D eigenvalue weighted by molar-refractivity contribution is 7.80. The fraction of sp³-hybridized carbons (Fsp3) is 0.923. The van der Waals surface area contributed by atoms with Crippen LogP contribution in [0.3, 0.4) is 0 Å². The molecule has 0 saturated carbocycles. The van der Waals surface area contributed by atoms with Crippen LogP contribution in [0.1, 0.15) is 52.9 Å². The van der Waals surface area contributed by atoms with E-state index in [9.17, 15) is 0 Å². The van der Waals surface area contributed by atoms with E-state index in [0.717, 1.165) is 12.5 Å². The molecule has 1 saturated heterocycles. The van der Waals surface area contributed by atoms with Crippen LogP contribution in [-0.2, 0) is 0 Å². The first-order valence-corrected chi connectivity index (χ1v) is 6.88. The molecule has 16 heavy (non-hydrogen) atoms. The zero-order valence-electron chi connectivity index (χ0n) is 11.0. The number of piperidine rings is 1. The lowest BCUT2D eigenvalue weighted by molar-refractivity contribution is 0.154. The number of nitrogens with two attached hydrogens (primary N) is 1. The van der Waals surface area contributed by atoms with Crippen LogP contribution in [0.4, 0.5) is 0 Å². The van der Waals surface area contributed by atoms with Crippen LogP contribution in [0.5, 0.6) is 0 Å². The minimum absolute atomic E-state index is 0.0222. The van der Waals surface area contributed by atoms with Gasteiger partial charge in [0.1, 0.15) is 0 Å². The molecule has 94 valence electrons. The summed E-state index contributed by atoms with van der Waals surface area (Å²) in [5, 5.41) is 0. The van der Waals surface area contributed by atoms with Crippen LogP contribution < -0.4 is 5.73 Å². The molecule has 1 rings (SSSR count). The molecule has 1 aliphatic rings. The van der Waals surface area contributed by atoms with Gasteiger partial charge in [0.2, 0.25) is 0 Å². The summed E-state index contributed by atoms with van der Waals surface area (Å²) in [5.41, 5.74) is 5.76. The van der Waals surface area contributed by atoms with Gasteiger partial charge in [-0.25, -0.2) is 0 Å². The predicted octanol–water partition coefficient (Wildman–Crippen LogP) is 2.95. The fourth-order valence-corrected chi connectivity index (χ4v) is 2.44. The lowest BCUT2D eigenvalue weighted by atomic mass is 9.87. The molecule has 0 bridgehead atoms. The van der Waals surface area contributed by atoms with Gasteiger partial charge in [0.05, 0.1) is 4.99 Å². The number of likely N-dealkylation sites (tertiary alicyclic amines) is 1. The van der Waals surface area contributed by atoms with Crippen LogP contribution >= 0.6 is 12.2 Å². The van der Waals surface area contributed by atoms with Crippen molar-refractivity contribution in [1.29, 1.82) is 0 Å². The maximum Gasteiger partial charge on any atom is 0.0784 e. The van der Waals surface area contributed by atoms with Gasteiger partial charge in [-0.15, -0.1) is 0 Å². The average molecular weight is 242 g/mol. The second-order valence-electron chi connectivity index (χ2n) is 5.73. The molecule has 0 aliphatic carbocycles. The molecule has 0 aromatic heterocycles. The molecule has 1 heterocycles. The van der Waals surface area contributed by atoms with Crippen molar-refractivity contribution >= 4 is 17.2 Å². The van der Waals surface area contributed by atoms with Crippen LogP contribution in [-0.4, -0.2) is 29.0 Å². The number of thiocarbonyl (C=S) groups is 1. The molecular weight excluding hydrogens is 216 g/mol. The van der Waals surface area contributed by atoms with Gasteiger partial charge in [-0.1, -0.05) is 32.5 Å². The summed E-state index contributed by atoms with van der Waals surface area (Å²) in [4.78, 5) is 3.26. The van der Waals surface area contributed by atoms with Gasteiger partial charge < -0.3 is 10.6 Å². The van der Waals surface area contributed by atoms with Crippen molar-refractivity contribution in [3.8, 4) is 0 Å². The second-order valence-corrected chi connectivity index (χ2v) is 6.17. The Labute approximate surface area is 106 Å². The Morgan fingerprint density at radius 1 is 1.44 bits per heavy atom. The Balaban J connectivity index is 2.26. The molecular formula is C13H26N2S. The summed E-state index contributed by atoms with van der Waals surface area (Å²) >= 11 is 5.09. The van der Waals surface area contributed by atoms with Crippen LogP contribution in [0.15, 0.2) is 0 Å². The van der Waals surface area contributed by atoms with E-state index in [2.05, 4.69) is 25.7 Å². The topological polar surface area (TPSA) is 29.3 Å². The molecule has 0 aromatic rings. The monoisotopic (exact) mass is 242 g/mol. The summed E-state index contributed by atoms with van der Waals surface area (Å²) < 4.78 is 0. The van der Waals surface area contributed by atoms with Gasteiger partial charge in [-0.3, -0.25) is 0 Å². The maximum absolute atomic E-state index is 5.73. The molecule has 0 amide bonds. The quantitative estimate of drug-likeness (QED) is 0.752. The van der Waals surface area contributed by atoms with Crippen LogP contribution in [0, 0.1) is 5.41 Å². The van der Waals surface area contributed by atoms with Crippen molar-refractivity contribution < 1.29 is 0 Å². The molecule has 1 aliphatic heterocycles. The Kier molecular flexibility index (Phi) is 5.19. The van der Waals surface area contributed by atoms with E-state index in [1.807, 2.05) is 0 Å². The van der Waals surface area contributed by atoms with E-state index in [-0.39, 0.29) is 5.41 Å². The van der Waals surface area contributed by atoms with E-state index in [1.54, 1.807) is 0 Å². The first-order valence-electron chi connectivity index (χ1n) is 6.47. The Hall–Kier alpha value is -0.150. The highest BCUT2D eigenvalue weighted by Gasteiger charge is 2.22. The third kappa shape index (κ3) is 4.02. The third-order valence-corrected chi connectivity index (χ3v) is 4.41. The molecule has 3 heteroatoms. The smallest absolute Gasteiger partial charge is 0.0784 e.